The van der Waals surface area contributed by atoms with Crippen molar-refractivity contribution in [2.45, 2.75) is 32.7 Å². The van der Waals surface area contributed by atoms with Crippen molar-refractivity contribution < 1.29 is 19.1 Å². The number of ether oxygens (including phenoxy) is 1. The molecule has 0 atom stereocenters. The summed E-state index contributed by atoms with van der Waals surface area (Å²) in [5, 5.41) is 13.6. The van der Waals surface area contributed by atoms with Crippen LogP contribution in [0.15, 0.2) is 54.5 Å². The van der Waals surface area contributed by atoms with Crippen LogP contribution in [0.5, 0.6) is 5.75 Å². The second-order valence-electron chi connectivity index (χ2n) is 9.47. The molecule has 208 valence electrons. The molecule has 10 nitrogen and oxygen atoms in total. The summed E-state index contributed by atoms with van der Waals surface area (Å²) in [6.07, 6.45) is 6.14. The Morgan fingerprint density at radius 3 is 2.59 bits per heavy atom. The number of carbonyl (C=O) groups is 3. The predicted molar refractivity (Wildman–Crippen MR) is 155 cm³/mol. The highest BCUT2D eigenvalue weighted by Crippen LogP contribution is 2.36. The lowest BCUT2D eigenvalue weighted by atomic mass is 9.93. The minimum Gasteiger partial charge on any atom is -0.494 e. The minimum absolute atomic E-state index is 0.0512. The first-order chi connectivity index (χ1) is 19.9. The molecular formula is C30H28N6O4S. The Balaban J connectivity index is 1.37. The molecule has 1 aromatic carbocycles. The van der Waals surface area contributed by atoms with E-state index in [2.05, 4.69) is 26.3 Å². The van der Waals surface area contributed by atoms with Gasteiger partial charge in [-0.3, -0.25) is 14.4 Å². The number of hydrogen-bond acceptors (Lipinski definition) is 8. The molecule has 3 aromatic heterocycles. The Kier molecular flexibility index (Phi) is 8.21. The number of nitrogens with zero attached hydrogens (tertiary/aromatic N) is 4. The Morgan fingerprint density at radius 1 is 1.15 bits per heavy atom. The third kappa shape index (κ3) is 5.60. The zero-order valence-corrected chi connectivity index (χ0v) is 23.5. The minimum atomic E-state index is -0.648. The first kappa shape index (κ1) is 27.7. The molecule has 5 rings (SSSR count). The van der Waals surface area contributed by atoms with Crippen LogP contribution in [-0.4, -0.2) is 57.6 Å². The number of piperidine rings is 1. The smallest absolute Gasteiger partial charge is 0.295 e. The molecule has 2 amide bonds. The van der Waals surface area contributed by atoms with Gasteiger partial charge in [0.25, 0.3) is 11.7 Å². The van der Waals surface area contributed by atoms with Crippen LogP contribution >= 0.6 is 11.3 Å². The van der Waals surface area contributed by atoms with Crippen molar-refractivity contribution in [1.82, 2.24) is 25.2 Å². The van der Waals surface area contributed by atoms with Gasteiger partial charge in [-0.2, -0.15) is 5.26 Å². The topological polar surface area (TPSA) is 141 Å². The van der Waals surface area contributed by atoms with E-state index in [9.17, 15) is 19.6 Å². The van der Waals surface area contributed by atoms with Gasteiger partial charge in [-0.25, -0.2) is 9.97 Å². The third-order valence-corrected chi connectivity index (χ3v) is 8.06. The molecule has 1 saturated heterocycles. The SMILES string of the molecule is CCC(=O)NCc1cnc(-c2ncc(OC)c3c(C(=O)C(=O)N4CCC(=C(C#N)c5ccccc5)CC4)c[nH]c23)s1. The van der Waals surface area contributed by atoms with E-state index in [4.69, 9.17) is 4.74 Å². The number of carbonyl (C=O) groups excluding carboxylic acids is 3. The number of aromatic amines is 1. The zero-order chi connectivity index (χ0) is 28.9. The fraction of sp³-hybridized carbons (Fsp3) is 0.267. The van der Waals surface area contributed by atoms with Crippen molar-refractivity contribution in [1.29, 1.82) is 5.26 Å². The Labute approximate surface area is 240 Å². The summed E-state index contributed by atoms with van der Waals surface area (Å²) in [5.41, 5.74) is 3.71. The largest absolute Gasteiger partial charge is 0.494 e. The molecule has 1 aliphatic heterocycles. The normalized spacial score (nSPS) is 13.1. The molecule has 1 fully saturated rings. The zero-order valence-electron chi connectivity index (χ0n) is 22.7. The van der Waals surface area contributed by atoms with Crippen molar-refractivity contribution in [2.24, 2.45) is 0 Å². The number of nitrogens with one attached hydrogen (secondary N) is 2. The highest BCUT2D eigenvalue weighted by Gasteiger charge is 2.30. The fourth-order valence-corrected chi connectivity index (χ4v) is 5.72. The molecule has 4 aromatic rings. The van der Waals surface area contributed by atoms with E-state index in [0.717, 1.165) is 16.0 Å². The molecule has 0 radical (unpaired) electrons. The lowest BCUT2D eigenvalue weighted by molar-refractivity contribution is -0.126. The monoisotopic (exact) mass is 568 g/mol. The van der Waals surface area contributed by atoms with Crippen LogP contribution in [0.3, 0.4) is 0 Å². The van der Waals surface area contributed by atoms with E-state index in [1.165, 1.54) is 35.7 Å². The molecular weight excluding hydrogens is 540 g/mol. The standard InChI is InChI=1S/C30H28N6O4S/c1-3-24(37)32-14-20-15-35-29(41-20)27-26-25(23(40-2)17-34-27)22(16-33-26)28(38)30(39)36-11-9-19(10-12-36)21(13-31)18-7-5-4-6-8-18/h4-8,15-17,33H,3,9-12,14H2,1-2H3,(H,32,37). The number of benzene rings is 1. The summed E-state index contributed by atoms with van der Waals surface area (Å²) in [6, 6.07) is 11.8. The molecule has 4 heterocycles. The molecule has 2 N–H and O–H groups in total. The number of aromatic nitrogens is 3. The number of allylic oxidation sites excluding steroid dienone is 1. The van der Waals surface area contributed by atoms with Crippen LogP contribution in [0.2, 0.25) is 0 Å². The van der Waals surface area contributed by atoms with E-state index < -0.39 is 11.7 Å². The summed E-state index contributed by atoms with van der Waals surface area (Å²) in [4.78, 5) is 52.9. The number of Topliss-reactive ketones (excluding diaryl/α,β-unsaturated/α-hetero) is 1. The van der Waals surface area contributed by atoms with Gasteiger partial charge in [0.1, 0.15) is 16.5 Å². The number of likely N-dealkylation sites (tertiary alicyclic amines) is 1. The van der Waals surface area contributed by atoms with Crippen LogP contribution in [-0.2, 0) is 16.1 Å². The second kappa shape index (κ2) is 12.1. The van der Waals surface area contributed by atoms with Crippen LogP contribution in [0, 0.1) is 11.3 Å². The van der Waals surface area contributed by atoms with E-state index in [1.807, 2.05) is 30.3 Å². The van der Waals surface area contributed by atoms with Gasteiger partial charge in [-0.05, 0) is 24.0 Å². The number of thiazole rings is 1. The van der Waals surface area contributed by atoms with Crippen molar-refractivity contribution in [3.05, 3.63) is 70.5 Å². The van der Waals surface area contributed by atoms with Crippen molar-refractivity contribution in [3.8, 4) is 22.5 Å². The van der Waals surface area contributed by atoms with E-state index in [-0.39, 0.29) is 11.5 Å². The lowest BCUT2D eigenvalue weighted by Gasteiger charge is -2.28. The quantitative estimate of drug-likeness (QED) is 0.181. The summed E-state index contributed by atoms with van der Waals surface area (Å²) < 4.78 is 5.51. The second-order valence-corrected chi connectivity index (χ2v) is 10.6. The maximum absolute atomic E-state index is 13.5. The van der Waals surface area contributed by atoms with Gasteiger partial charge in [0.05, 0.1) is 48.0 Å². The Morgan fingerprint density at radius 2 is 1.90 bits per heavy atom. The molecule has 0 spiro atoms. The number of pyridine rings is 1. The van der Waals surface area contributed by atoms with E-state index in [1.54, 1.807) is 13.1 Å². The Hall–Kier alpha value is -4.82. The highest BCUT2D eigenvalue weighted by atomic mass is 32.1. The van der Waals surface area contributed by atoms with Gasteiger partial charge in [0.15, 0.2) is 0 Å². The van der Waals surface area contributed by atoms with Gasteiger partial charge in [-0.1, -0.05) is 37.3 Å². The van der Waals surface area contributed by atoms with Gasteiger partial charge in [0, 0.05) is 36.8 Å². The van der Waals surface area contributed by atoms with Crippen LogP contribution in [0.1, 0.15) is 47.0 Å². The number of H-pyrrole nitrogens is 1. The number of methoxy groups -OCH3 is 1. The third-order valence-electron chi connectivity index (χ3n) is 7.05. The van der Waals surface area contributed by atoms with Crippen LogP contribution < -0.4 is 10.1 Å². The van der Waals surface area contributed by atoms with Crippen LogP contribution in [0.25, 0.3) is 27.2 Å². The molecule has 11 heteroatoms. The van der Waals surface area contributed by atoms with Gasteiger partial charge >= 0.3 is 0 Å². The number of amides is 2. The van der Waals surface area contributed by atoms with Crippen LogP contribution in [0.4, 0.5) is 0 Å². The maximum Gasteiger partial charge on any atom is 0.295 e. The molecule has 0 aliphatic carbocycles. The van der Waals surface area contributed by atoms with Gasteiger partial charge in [-0.15, -0.1) is 11.3 Å². The molecule has 0 saturated carbocycles. The first-order valence-corrected chi connectivity index (χ1v) is 14.0. The summed E-state index contributed by atoms with van der Waals surface area (Å²) in [6.45, 7) is 2.85. The number of nitriles is 1. The number of fused-ring (bicyclic) bond motifs is 1. The molecule has 1 aliphatic rings. The number of ketones is 1. The summed E-state index contributed by atoms with van der Waals surface area (Å²) in [5.74, 6) is -0.945. The Bertz CT molecular complexity index is 1690. The number of rotatable bonds is 8. The molecule has 0 bridgehead atoms. The van der Waals surface area contributed by atoms with Crippen molar-refractivity contribution in [2.75, 3.05) is 20.2 Å². The first-order valence-electron chi connectivity index (χ1n) is 13.2. The van der Waals surface area contributed by atoms with Gasteiger partial charge < -0.3 is 19.9 Å². The fourth-order valence-electron chi connectivity index (χ4n) is 4.86. The predicted octanol–water partition coefficient (Wildman–Crippen LogP) is 4.50. The molecule has 0 unspecified atom stereocenters. The van der Waals surface area contributed by atoms with Crippen molar-refractivity contribution in [3.63, 3.8) is 0 Å². The average Bonchev–Trinajstić information content (AvgIpc) is 3.68. The number of hydrogen-bond donors (Lipinski definition) is 2. The summed E-state index contributed by atoms with van der Waals surface area (Å²) >= 11 is 1.38. The van der Waals surface area contributed by atoms with E-state index in [0.29, 0.717) is 71.8 Å². The highest BCUT2D eigenvalue weighted by molar-refractivity contribution is 7.15. The maximum atomic E-state index is 13.5. The van der Waals surface area contributed by atoms with Gasteiger partial charge in [0.2, 0.25) is 5.91 Å². The van der Waals surface area contributed by atoms with Crippen molar-refractivity contribution >= 4 is 45.4 Å². The average molecular weight is 569 g/mol. The van der Waals surface area contributed by atoms with E-state index >= 15 is 0 Å². The summed E-state index contributed by atoms with van der Waals surface area (Å²) in [7, 11) is 1.48. The lowest BCUT2D eigenvalue weighted by Crippen LogP contribution is -2.40. The molecule has 41 heavy (non-hydrogen) atoms.